The van der Waals surface area contributed by atoms with E-state index in [0.717, 1.165) is 19.4 Å². The Morgan fingerprint density at radius 3 is 2.47 bits per heavy atom. The average Bonchev–Trinajstić information content (AvgIpc) is 2.11. The largest absolute Gasteiger partial charge is 0.356 e. The maximum atomic E-state index is 11.5. The van der Waals surface area contributed by atoms with Crippen molar-refractivity contribution in [1.29, 1.82) is 0 Å². The normalized spacial score (nSPS) is 11.9. The summed E-state index contributed by atoms with van der Waals surface area (Å²) in [7, 11) is 0. The standard InChI is InChI=1S/C12H26N2O/c1-10(2)5-6-11(15)14-9-12(3,4)7-8-13/h10H,5-9,13H2,1-4H3,(H,14,15). The lowest BCUT2D eigenvalue weighted by atomic mass is 9.89. The van der Waals surface area contributed by atoms with Crippen molar-refractivity contribution in [3.63, 3.8) is 0 Å². The molecule has 0 aliphatic carbocycles. The van der Waals surface area contributed by atoms with Crippen LogP contribution < -0.4 is 11.1 Å². The van der Waals surface area contributed by atoms with Crippen LogP contribution in [-0.4, -0.2) is 19.0 Å². The first-order valence-electron chi connectivity index (χ1n) is 5.84. The topological polar surface area (TPSA) is 55.1 Å². The molecule has 0 aromatic rings. The fourth-order valence-electron chi connectivity index (χ4n) is 1.33. The highest BCUT2D eigenvalue weighted by Crippen LogP contribution is 2.17. The Morgan fingerprint density at radius 1 is 1.40 bits per heavy atom. The van der Waals surface area contributed by atoms with Crippen LogP contribution in [0.1, 0.15) is 47.0 Å². The summed E-state index contributed by atoms with van der Waals surface area (Å²) in [6, 6.07) is 0. The zero-order valence-corrected chi connectivity index (χ0v) is 10.6. The van der Waals surface area contributed by atoms with Gasteiger partial charge in [-0.25, -0.2) is 0 Å². The first-order valence-corrected chi connectivity index (χ1v) is 5.84. The molecular formula is C12H26N2O. The highest BCUT2D eigenvalue weighted by atomic mass is 16.1. The molecule has 0 atom stereocenters. The van der Waals surface area contributed by atoms with Crippen LogP contribution in [0.2, 0.25) is 0 Å². The molecule has 0 spiro atoms. The molecule has 3 nitrogen and oxygen atoms in total. The fourth-order valence-corrected chi connectivity index (χ4v) is 1.33. The van der Waals surface area contributed by atoms with Gasteiger partial charge in [0, 0.05) is 13.0 Å². The van der Waals surface area contributed by atoms with Crippen molar-refractivity contribution >= 4 is 5.91 Å². The second-order valence-electron chi connectivity index (χ2n) is 5.41. The minimum Gasteiger partial charge on any atom is -0.356 e. The van der Waals surface area contributed by atoms with Crippen molar-refractivity contribution in [1.82, 2.24) is 5.32 Å². The summed E-state index contributed by atoms with van der Waals surface area (Å²) in [5.41, 5.74) is 5.62. The van der Waals surface area contributed by atoms with Gasteiger partial charge in [0.2, 0.25) is 5.91 Å². The summed E-state index contributed by atoms with van der Waals surface area (Å²) in [6.45, 7) is 9.92. The third-order valence-electron chi connectivity index (χ3n) is 2.53. The van der Waals surface area contributed by atoms with Gasteiger partial charge in [0.1, 0.15) is 0 Å². The summed E-state index contributed by atoms with van der Waals surface area (Å²) in [5.74, 6) is 0.751. The molecule has 0 aromatic heterocycles. The molecular weight excluding hydrogens is 188 g/mol. The van der Waals surface area contributed by atoms with E-state index in [9.17, 15) is 4.79 Å². The molecule has 0 unspecified atom stereocenters. The Hall–Kier alpha value is -0.570. The Labute approximate surface area is 93.8 Å². The van der Waals surface area contributed by atoms with Gasteiger partial charge in [0.15, 0.2) is 0 Å². The number of hydrogen-bond donors (Lipinski definition) is 2. The van der Waals surface area contributed by atoms with E-state index in [-0.39, 0.29) is 11.3 Å². The lowest BCUT2D eigenvalue weighted by Crippen LogP contribution is -2.35. The van der Waals surface area contributed by atoms with E-state index in [0.29, 0.717) is 18.9 Å². The lowest BCUT2D eigenvalue weighted by Gasteiger charge is -2.24. The molecule has 3 N–H and O–H groups in total. The van der Waals surface area contributed by atoms with Crippen molar-refractivity contribution in [3.05, 3.63) is 0 Å². The van der Waals surface area contributed by atoms with Crippen molar-refractivity contribution in [3.8, 4) is 0 Å². The molecule has 0 aromatic carbocycles. The van der Waals surface area contributed by atoms with Crippen LogP contribution in [0.25, 0.3) is 0 Å². The Kier molecular flexibility index (Phi) is 6.57. The molecule has 0 aliphatic rings. The van der Waals surface area contributed by atoms with Gasteiger partial charge in [0.25, 0.3) is 0 Å². The Bertz CT molecular complexity index is 188. The van der Waals surface area contributed by atoms with Gasteiger partial charge in [-0.05, 0) is 30.7 Å². The summed E-state index contributed by atoms with van der Waals surface area (Å²) >= 11 is 0. The van der Waals surface area contributed by atoms with E-state index in [4.69, 9.17) is 5.73 Å². The van der Waals surface area contributed by atoms with Crippen LogP contribution in [0.5, 0.6) is 0 Å². The third kappa shape index (κ3) is 8.43. The van der Waals surface area contributed by atoms with E-state index in [2.05, 4.69) is 33.0 Å². The van der Waals surface area contributed by atoms with Crippen LogP contribution in [0, 0.1) is 11.3 Å². The van der Waals surface area contributed by atoms with Gasteiger partial charge in [-0.1, -0.05) is 27.7 Å². The van der Waals surface area contributed by atoms with Crippen LogP contribution >= 0.6 is 0 Å². The van der Waals surface area contributed by atoms with Crippen LogP contribution in [0.4, 0.5) is 0 Å². The lowest BCUT2D eigenvalue weighted by molar-refractivity contribution is -0.121. The second-order valence-corrected chi connectivity index (χ2v) is 5.41. The number of nitrogens with two attached hydrogens (primary N) is 1. The summed E-state index contributed by atoms with van der Waals surface area (Å²) in [4.78, 5) is 11.5. The number of rotatable bonds is 7. The van der Waals surface area contributed by atoms with Crippen LogP contribution in [0.3, 0.4) is 0 Å². The molecule has 0 rings (SSSR count). The molecule has 0 bridgehead atoms. The highest BCUT2D eigenvalue weighted by molar-refractivity contribution is 5.75. The van der Waals surface area contributed by atoms with E-state index in [1.165, 1.54) is 0 Å². The number of nitrogens with one attached hydrogen (secondary N) is 1. The fraction of sp³-hybridized carbons (Fsp3) is 0.917. The molecule has 15 heavy (non-hydrogen) atoms. The molecule has 0 radical (unpaired) electrons. The van der Waals surface area contributed by atoms with Gasteiger partial charge in [-0.2, -0.15) is 0 Å². The average molecular weight is 214 g/mol. The Morgan fingerprint density at radius 2 is 2.00 bits per heavy atom. The highest BCUT2D eigenvalue weighted by Gasteiger charge is 2.17. The smallest absolute Gasteiger partial charge is 0.220 e. The van der Waals surface area contributed by atoms with E-state index < -0.39 is 0 Å². The number of carbonyl (C=O) groups excluding carboxylic acids is 1. The molecule has 0 aliphatic heterocycles. The SMILES string of the molecule is CC(C)CCC(=O)NCC(C)(C)CCN. The summed E-state index contributed by atoms with van der Waals surface area (Å²) in [5, 5.41) is 2.97. The van der Waals surface area contributed by atoms with Crippen molar-refractivity contribution < 1.29 is 4.79 Å². The molecule has 0 heterocycles. The molecule has 0 fully saturated rings. The van der Waals surface area contributed by atoms with Crippen molar-refractivity contribution in [2.24, 2.45) is 17.1 Å². The summed E-state index contributed by atoms with van der Waals surface area (Å²) in [6.07, 6.45) is 2.54. The molecule has 90 valence electrons. The second kappa shape index (κ2) is 6.83. The van der Waals surface area contributed by atoms with Crippen molar-refractivity contribution in [2.75, 3.05) is 13.1 Å². The third-order valence-corrected chi connectivity index (χ3v) is 2.53. The Balaban J connectivity index is 3.70. The van der Waals surface area contributed by atoms with Crippen molar-refractivity contribution in [2.45, 2.75) is 47.0 Å². The molecule has 1 amide bonds. The number of carbonyl (C=O) groups is 1. The van der Waals surface area contributed by atoms with E-state index in [1.54, 1.807) is 0 Å². The predicted molar refractivity (Wildman–Crippen MR) is 64.5 cm³/mol. The summed E-state index contributed by atoms with van der Waals surface area (Å²) < 4.78 is 0. The van der Waals surface area contributed by atoms with E-state index >= 15 is 0 Å². The molecule has 0 saturated heterocycles. The number of hydrogen-bond acceptors (Lipinski definition) is 2. The van der Waals surface area contributed by atoms with Gasteiger partial charge < -0.3 is 11.1 Å². The van der Waals surface area contributed by atoms with Crippen LogP contribution in [-0.2, 0) is 4.79 Å². The molecule has 0 saturated carbocycles. The van der Waals surface area contributed by atoms with E-state index in [1.807, 2.05) is 0 Å². The van der Waals surface area contributed by atoms with Gasteiger partial charge >= 0.3 is 0 Å². The maximum absolute atomic E-state index is 11.5. The minimum absolute atomic E-state index is 0.113. The first kappa shape index (κ1) is 14.4. The van der Waals surface area contributed by atoms with Gasteiger partial charge in [-0.3, -0.25) is 4.79 Å². The van der Waals surface area contributed by atoms with Gasteiger partial charge in [-0.15, -0.1) is 0 Å². The zero-order valence-electron chi connectivity index (χ0n) is 10.6. The van der Waals surface area contributed by atoms with Crippen LogP contribution in [0.15, 0.2) is 0 Å². The zero-order chi connectivity index (χ0) is 11.9. The monoisotopic (exact) mass is 214 g/mol. The quantitative estimate of drug-likeness (QED) is 0.680. The van der Waals surface area contributed by atoms with Gasteiger partial charge in [0.05, 0.1) is 0 Å². The maximum Gasteiger partial charge on any atom is 0.220 e. The molecule has 3 heteroatoms. The minimum atomic E-state index is 0.113. The number of amides is 1. The first-order chi connectivity index (χ1) is 6.87. The predicted octanol–water partition coefficient (Wildman–Crippen LogP) is 1.91.